The third-order valence-corrected chi connectivity index (χ3v) is 6.27. The fraction of sp³-hybridized carbons (Fsp3) is 0.609. The number of carbonyl (C=O) groups excluding carboxylic acids is 1. The number of likely N-dealkylation sites (tertiary alicyclic amines) is 1. The summed E-state index contributed by atoms with van der Waals surface area (Å²) >= 11 is 0. The lowest BCUT2D eigenvalue weighted by atomic mass is 9.93. The van der Waals surface area contributed by atoms with Gasteiger partial charge in [-0.25, -0.2) is 0 Å². The molecular weight excluding hydrogens is 364 g/mol. The SMILES string of the molecule is O=C(NC1CCCCCCC1)C1CCN(Cc2nc(-c3ccccc3)no2)CC1. The molecule has 156 valence electrons. The van der Waals surface area contributed by atoms with Crippen molar-refractivity contribution in [2.75, 3.05) is 13.1 Å². The van der Waals surface area contributed by atoms with Crippen LogP contribution in [0.1, 0.15) is 63.7 Å². The summed E-state index contributed by atoms with van der Waals surface area (Å²) < 4.78 is 5.44. The Morgan fingerprint density at radius 2 is 1.69 bits per heavy atom. The van der Waals surface area contributed by atoms with Crippen molar-refractivity contribution in [3.8, 4) is 11.4 Å². The van der Waals surface area contributed by atoms with E-state index in [-0.39, 0.29) is 11.8 Å². The standard InChI is InChI=1S/C23H32N4O2/c28-23(24-20-11-7-2-1-3-8-12-20)19-13-15-27(16-14-19)17-21-25-22(26-29-21)18-9-5-4-6-10-18/h4-6,9-10,19-20H,1-3,7-8,11-17H2,(H,24,28). The predicted molar refractivity (Wildman–Crippen MR) is 112 cm³/mol. The van der Waals surface area contributed by atoms with Crippen molar-refractivity contribution in [1.29, 1.82) is 0 Å². The van der Waals surface area contributed by atoms with Crippen LogP contribution >= 0.6 is 0 Å². The summed E-state index contributed by atoms with van der Waals surface area (Å²) in [5.41, 5.74) is 0.965. The number of benzene rings is 1. The fourth-order valence-corrected chi connectivity index (χ4v) is 4.49. The van der Waals surface area contributed by atoms with Gasteiger partial charge in [-0.05, 0) is 38.8 Å². The third-order valence-electron chi connectivity index (χ3n) is 6.27. The van der Waals surface area contributed by atoms with Crippen LogP contribution in [-0.4, -0.2) is 40.1 Å². The number of piperidine rings is 1. The molecule has 1 aliphatic carbocycles. The van der Waals surface area contributed by atoms with E-state index in [2.05, 4.69) is 20.4 Å². The number of rotatable bonds is 5. The van der Waals surface area contributed by atoms with Crippen LogP contribution in [0.25, 0.3) is 11.4 Å². The molecule has 2 aliphatic rings. The van der Waals surface area contributed by atoms with E-state index < -0.39 is 0 Å². The van der Waals surface area contributed by atoms with Gasteiger partial charge < -0.3 is 9.84 Å². The Labute approximate surface area is 173 Å². The van der Waals surface area contributed by atoms with Gasteiger partial charge >= 0.3 is 0 Å². The Hall–Kier alpha value is -2.21. The lowest BCUT2D eigenvalue weighted by Gasteiger charge is -2.31. The Morgan fingerprint density at radius 1 is 1.00 bits per heavy atom. The van der Waals surface area contributed by atoms with Gasteiger partial charge in [0.2, 0.25) is 17.6 Å². The van der Waals surface area contributed by atoms with Gasteiger partial charge in [0.25, 0.3) is 0 Å². The maximum absolute atomic E-state index is 12.7. The number of amides is 1. The molecule has 2 fully saturated rings. The maximum atomic E-state index is 12.7. The molecule has 1 aromatic heterocycles. The zero-order valence-electron chi connectivity index (χ0n) is 17.2. The molecule has 0 spiro atoms. The second-order valence-electron chi connectivity index (χ2n) is 8.48. The van der Waals surface area contributed by atoms with Gasteiger partial charge in [0, 0.05) is 17.5 Å². The minimum atomic E-state index is 0.138. The third kappa shape index (κ3) is 5.66. The Balaban J connectivity index is 1.23. The molecule has 0 atom stereocenters. The summed E-state index contributed by atoms with van der Waals surface area (Å²) in [6, 6.07) is 10.3. The first-order chi connectivity index (χ1) is 14.3. The molecule has 0 unspecified atom stereocenters. The molecule has 1 saturated heterocycles. The zero-order valence-corrected chi connectivity index (χ0v) is 17.2. The Kier molecular flexibility index (Phi) is 6.93. The largest absolute Gasteiger partial charge is 0.353 e. The first-order valence-corrected chi connectivity index (χ1v) is 11.2. The lowest BCUT2D eigenvalue weighted by molar-refractivity contribution is -0.127. The van der Waals surface area contributed by atoms with Crippen LogP contribution in [0.15, 0.2) is 34.9 Å². The van der Waals surface area contributed by atoms with Crippen LogP contribution < -0.4 is 5.32 Å². The molecular formula is C23H32N4O2. The molecule has 2 heterocycles. The minimum absolute atomic E-state index is 0.138. The van der Waals surface area contributed by atoms with Gasteiger partial charge in [-0.1, -0.05) is 67.6 Å². The zero-order chi connectivity index (χ0) is 19.9. The summed E-state index contributed by atoms with van der Waals surface area (Å²) in [4.78, 5) is 19.6. The highest BCUT2D eigenvalue weighted by molar-refractivity contribution is 5.79. The first kappa shape index (κ1) is 20.1. The van der Waals surface area contributed by atoms with Crippen molar-refractivity contribution in [1.82, 2.24) is 20.4 Å². The monoisotopic (exact) mass is 396 g/mol. The quantitative estimate of drug-likeness (QED) is 0.821. The molecule has 29 heavy (non-hydrogen) atoms. The summed E-state index contributed by atoms with van der Waals surface area (Å²) in [5.74, 6) is 1.67. The summed E-state index contributed by atoms with van der Waals surface area (Å²) in [6.07, 6.45) is 10.6. The highest BCUT2D eigenvalue weighted by Gasteiger charge is 2.27. The molecule has 0 bridgehead atoms. The van der Waals surface area contributed by atoms with E-state index >= 15 is 0 Å². The second-order valence-corrected chi connectivity index (χ2v) is 8.48. The maximum Gasteiger partial charge on any atom is 0.241 e. The predicted octanol–water partition coefficient (Wildman–Crippen LogP) is 4.18. The van der Waals surface area contributed by atoms with E-state index in [9.17, 15) is 4.79 Å². The van der Waals surface area contributed by atoms with Crippen molar-refractivity contribution in [2.24, 2.45) is 5.92 Å². The van der Waals surface area contributed by atoms with Crippen LogP contribution in [0.5, 0.6) is 0 Å². The van der Waals surface area contributed by atoms with E-state index in [1.54, 1.807) is 0 Å². The van der Waals surface area contributed by atoms with Gasteiger partial charge in [-0.2, -0.15) is 4.98 Å². The molecule has 4 rings (SSSR count). The van der Waals surface area contributed by atoms with Crippen LogP contribution in [0.2, 0.25) is 0 Å². The highest BCUT2D eigenvalue weighted by atomic mass is 16.5. The number of carbonyl (C=O) groups is 1. The summed E-state index contributed by atoms with van der Waals surface area (Å²) in [6.45, 7) is 2.44. The van der Waals surface area contributed by atoms with E-state index in [1.165, 1.54) is 32.1 Å². The summed E-state index contributed by atoms with van der Waals surface area (Å²) in [5, 5.41) is 7.44. The molecule has 6 nitrogen and oxygen atoms in total. The normalized spacial score (nSPS) is 20.1. The topological polar surface area (TPSA) is 71.3 Å². The first-order valence-electron chi connectivity index (χ1n) is 11.2. The van der Waals surface area contributed by atoms with Crippen molar-refractivity contribution in [3.63, 3.8) is 0 Å². The number of hydrogen-bond acceptors (Lipinski definition) is 5. The van der Waals surface area contributed by atoms with Crippen molar-refractivity contribution in [3.05, 3.63) is 36.2 Å². The van der Waals surface area contributed by atoms with Gasteiger partial charge in [0.15, 0.2) is 0 Å². The summed E-state index contributed by atoms with van der Waals surface area (Å²) in [7, 11) is 0. The van der Waals surface area contributed by atoms with E-state index in [4.69, 9.17) is 4.52 Å². The number of nitrogens with zero attached hydrogens (tertiary/aromatic N) is 3. The van der Waals surface area contributed by atoms with Gasteiger partial charge in [-0.15, -0.1) is 0 Å². The average molecular weight is 397 g/mol. The van der Waals surface area contributed by atoms with Gasteiger partial charge in [0.1, 0.15) is 0 Å². The lowest BCUT2D eigenvalue weighted by Crippen LogP contribution is -2.43. The average Bonchev–Trinajstić information content (AvgIpc) is 3.19. The van der Waals surface area contributed by atoms with E-state index in [0.717, 1.165) is 44.3 Å². The fourth-order valence-electron chi connectivity index (χ4n) is 4.49. The number of nitrogens with one attached hydrogen (secondary N) is 1. The van der Waals surface area contributed by atoms with Crippen LogP contribution in [-0.2, 0) is 11.3 Å². The Bertz CT molecular complexity index is 760. The van der Waals surface area contributed by atoms with Crippen molar-refractivity contribution in [2.45, 2.75) is 70.4 Å². The van der Waals surface area contributed by atoms with Gasteiger partial charge in [0.05, 0.1) is 6.54 Å². The molecule has 1 saturated carbocycles. The Morgan fingerprint density at radius 3 is 2.41 bits per heavy atom. The van der Waals surface area contributed by atoms with E-state index in [1.807, 2.05) is 30.3 Å². The van der Waals surface area contributed by atoms with Crippen LogP contribution in [0.3, 0.4) is 0 Å². The molecule has 6 heteroatoms. The van der Waals surface area contributed by atoms with E-state index in [0.29, 0.717) is 24.3 Å². The smallest absolute Gasteiger partial charge is 0.241 e. The number of hydrogen-bond donors (Lipinski definition) is 1. The molecule has 1 amide bonds. The highest BCUT2D eigenvalue weighted by Crippen LogP contribution is 2.22. The minimum Gasteiger partial charge on any atom is -0.353 e. The van der Waals surface area contributed by atoms with Gasteiger partial charge in [-0.3, -0.25) is 9.69 Å². The second kappa shape index (κ2) is 10.0. The molecule has 1 aliphatic heterocycles. The molecule has 0 radical (unpaired) electrons. The van der Waals surface area contributed by atoms with Crippen LogP contribution in [0, 0.1) is 5.92 Å². The van der Waals surface area contributed by atoms with Crippen molar-refractivity contribution >= 4 is 5.91 Å². The number of aromatic nitrogens is 2. The van der Waals surface area contributed by atoms with Crippen molar-refractivity contribution < 1.29 is 9.32 Å². The molecule has 1 N–H and O–H groups in total. The van der Waals surface area contributed by atoms with Crippen LogP contribution in [0.4, 0.5) is 0 Å². The molecule has 2 aromatic rings. The molecule has 1 aromatic carbocycles.